The first-order valence-electron chi connectivity index (χ1n) is 5.90. The van der Waals surface area contributed by atoms with Crippen LogP contribution in [-0.2, 0) is 6.18 Å². The van der Waals surface area contributed by atoms with Crippen LogP contribution in [0, 0.1) is 5.92 Å². The Morgan fingerprint density at radius 1 is 1.44 bits per heavy atom. The molecular formula is C12H16F3N3. The molecule has 1 aliphatic carbocycles. The molecule has 2 rings (SSSR count). The fourth-order valence-electron chi connectivity index (χ4n) is 2.10. The Bertz CT molecular complexity index is 415. The lowest BCUT2D eigenvalue weighted by Gasteiger charge is -2.28. The molecule has 1 unspecified atom stereocenters. The molecule has 1 aliphatic rings. The smallest absolute Gasteiger partial charge is 0.355 e. The van der Waals surface area contributed by atoms with Gasteiger partial charge >= 0.3 is 6.18 Å². The van der Waals surface area contributed by atoms with E-state index in [9.17, 15) is 13.2 Å². The van der Waals surface area contributed by atoms with E-state index >= 15 is 0 Å². The predicted molar refractivity (Wildman–Crippen MR) is 63.2 cm³/mol. The Labute approximate surface area is 104 Å². The number of halogens is 3. The summed E-state index contributed by atoms with van der Waals surface area (Å²) in [5.41, 5.74) is 4.82. The fourth-order valence-corrected chi connectivity index (χ4v) is 2.10. The lowest BCUT2D eigenvalue weighted by atomic mass is 10.1. The molecule has 1 fully saturated rings. The number of rotatable bonds is 4. The number of hydrogen-bond acceptors (Lipinski definition) is 3. The Kier molecular flexibility index (Phi) is 3.47. The first kappa shape index (κ1) is 13.1. The number of nitrogens with zero attached hydrogens (tertiary/aromatic N) is 2. The van der Waals surface area contributed by atoms with Gasteiger partial charge in [-0.15, -0.1) is 0 Å². The van der Waals surface area contributed by atoms with Gasteiger partial charge in [-0.05, 0) is 30.9 Å². The first-order chi connectivity index (χ1) is 8.43. The third kappa shape index (κ3) is 2.75. The van der Waals surface area contributed by atoms with E-state index < -0.39 is 11.9 Å². The molecule has 0 saturated heterocycles. The zero-order valence-corrected chi connectivity index (χ0v) is 10.1. The van der Waals surface area contributed by atoms with Crippen LogP contribution in [0.3, 0.4) is 0 Å². The van der Waals surface area contributed by atoms with Crippen LogP contribution >= 0.6 is 0 Å². The average Bonchev–Trinajstić information content (AvgIpc) is 3.13. The molecule has 2 N–H and O–H groups in total. The summed E-state index contributed by atoms with van der Waals surface area (Å²) in [5, 5.41) is 0. The molecular weight excluding hydrogens is 243 g/mol. The minimum atomic E-state index is -4.41. The van der Waals surface area contributed by atoms with Gasteiger partial charge in [-0.1, -0.05) is 6.07 Å². The topological polar surface area (TPSA) is 42.2 Å². The average molecular weight is 259 g/mol. The molecule has 0 aromatic carbocycles. The van der Waals surface area contributed by atoms with E-state index in [1.54, 1.807) is 18.0 Å². The Morgan fingerprint density at radius 3 is 2.61 bits per heavy atom. The van der Waals surface area contributed by atoms with E-state index in [1.165, 1.54) is 6.07 Å². The SMILES string of the molecule is CN(c1cccc(C(F)(F)F)n1)C(CN)C1CC1. The molecule has 1 aromatic heterocycles. The highest BCUT2D eigenvalue weighted by atomic mass is 19.4. The summed E-state index contributed by atoms with van der Waals surface area (Å²) in [6.07, 6.45) is -2.23. The molecule has 100 valence electrons. The molecule has 6 heteroatoms. The van der Waals surface area contributed by atoms with Crippen molar-refractivity contribution in [3.63, 3.8) is 0 Å². The Balaban J connectivity index is 2.21. The maximum absolute atomic E-state index is 12.6. The van der Waals surface area contributed by atoms with E-state index in [4.69, 9.17) is 5.73 Å². The summed E-state index contributed by atoms with van der Waals surface area (Å²) >= 11 is 0. The summed E-state index contributed by atoms with van der Waals surface area (Å²) in [6.45, 7) is 0.430. The summed E-state index contributed by atoms with van der Waals surface area (Å²) in [6, 6.07) is 4.01. The summed E-state index contributed by atoms with van der Waals surface area (Å²) < 4.78 is 37.7. The minimum absolute atomic E-state index is 0.0704. The van der Waals surface area contributed by atoms with Gasteiger partial charge in [0, 0.05) is 19.6 Å². The van der Waals surface area contributed by atoms with Crippen LogP contribution < -0.4 is 10.6 Å². The molecule has 1 saturated carbocycles. The number of hydrogen-bond donors (Lipinski definition) is 1. The van der Waals surface area contributed by atoms with E-state index in [0.717, 1.165) is 18.9 Å². The van der Waals surface area contributed by atoms with Crippen LogP contribution in [0.1, 0.15) is 18.5 Å². The molecule has 0 aliphatic heterocycles. The van der Waals surface area contributed by atoms with Crippen LogP contribution in [-0.4, -0.2) is 24.6 Å². The second-order valence-corrected chi connectivity index (χ2v) is 4.63. The van der Waals surface area contributed by atoms with Crippen molar-refractivity contribution in [2.24, 2.45) is 11.7 Å². The van der Waals surface area contributed by atoms with Crippen LogP contribution in [0.15, 0.2) is 18.2 Å². The van der Waals surface area contributed by atoms with Gasteiger partial charge in [0.2, 0.25) is 0 Å². The molecule has 0 spiro atoms. The van der Waals surface area contributed by atoms with E-state index in [-0.39, 0.29) is 6.04 Å². The van der Waals surface area contributed by atoms with Gasteiger partial charge in [-0.3, -0.25) is 0 Å². The van der Waals surface area contributed by atoms with Gasteiger partial charge < -0.3 is 10.6 Å². The number of alkyl halides is 3. The highest BCUT2D eigenvalue weighted by Gasteiger charge is 2.35. The summed E-state index contributed by atoms with van der Waals surface area (Å²) in [4.78, 5) is 5.43. The normalized spacial score (nSPS) is 17.6. The van der Waals surface area contributed by atoms with Gasteiger partial charge in [0.25, 0.3) is 0 Å². The zero-order valence-electron chi connectivity index (χ0n) is 10.1. The van der Waals surface area contributed by atoms with Gasteiger partial charge in [-0.25, -0.2) is 4.98 Å². The molecule has 3 nitrogen and oxygen atoms in total. The van der Waals surface area contributed by atoms with Gasteiger partial charge in [0.05, 0.1) is 0 Å². The van der Waals surface area contributed by atoms with Crippen LogP contribution in [0.4, 0.5) is 19.0 Å². The van der Waals surface area contributed by atoms with E-state index in [0.29, 0.717) is 18.3 Å². The van der Waals surface area contributed by atoms with Crippen molar-refractivity contribution in [3.8, 4) is 0 Å². The maximum atomic E-state index is 12.6. The monoisotopic (exact) mass is 259 g/mol. The zero-order chi connectivity index (χ0) is 13.3. The van der Waals surface area contributed by atoms with Crippen LogP contribution in [0.2, 0.25) is 0 Å². The van der Waals surface area contributed by atoms with Crippen molar-refractivity contribution in [3.05, 3.63) is 23.9 Å². The molecule has 0 bridgehead atoms. The second kappa shape index (κ2) is 4.76. The van der Waals surface area contributed by atoms with Crippen molar-refractivity contribution in [2.45, 2.75) is 25.1 Å². The lowest BCUT2D eigenvalue weighted by Crippen LogP contribution is -2.40. The molecule has 0 amide bonds. The van der Waals surface area contributed by atoms with Crippen molar-refractivity contribution in [2.75, 3.05) is 18.5 Å². The number of anilines is 1. The number of aromatic nitrogens is 1. The van der Waals surface area contributed by atoms with Gasteiger partial charge in [-0.2, -0.15) is 13.2 Å². The van der Waals surface area contributed by atoms with E-state index in [2.05, 4.69) is 4.98 Å². The highest BCUT2D eigenvalue weighted by molar-refractivity contribution is 5.40. The Hall–Kier alpha value is -1.30. The fraction of sp³-hybridized carbons (Fsp3) is 0.583. The van der Waals surface area contributed by atoms with Gasteiger partial charge in [0.15, 0.2) is 0 Å². The lowest BCUT2D eigenvalue weighted by molar-refractivity contribution is -0.141. The standard InChI is InChI=1S/C12H16F3N3/c1-18(9(7-16)8-5-6-8)11-4-2-3-10(17-11)12(13,14)15/h2-4,8-9H,5-7,16H2,1H3. The van der Waals surface area contributed by atoms with Crippen molar-refractivity contribution in [1.29, 1.82) is 0 Å². The first-order valence-corrected chi connectivity index (χ1v) is 5.90. The quantitative estimate of drug-likeness (QED) is 0.902. The molecule has 1 aromatic rings. The summed E-state index contributed by atoms with van der Waals surface area (Å²) in [5.74, 6) is 0.809. The molecule has 0 radical (unpaired) electrons. The van der Waals surface area contributed by atoms with Crippen molar-refractivity contribution < 1.29 is 13.2 Å². The van der Waals surface area contributed by atoms with Gasteiger partial charge in [0.1, 0.15) is 11.5 Å². The Morgan fingerprint density at radius 2 is 2.11 bits per heavy atom. The third-order valence-corrected chi connectivity index (χ3v) is 3.29. The highest BCUT2D eigenvalue weighted by Crippen LogP contribution is 2.36. The molecule has 1 atom stereocenters. The number of likely N-dealkylation sites (N-methyl/N-ethyl adjacent to an activating group) is 1. The van der Waals surface area contributed by atoms with Crippen LogP contribution in [0.25, 0.3) is 0 Å². The predicted octanol–water partition coefficient (Wildman–Crippen LogP) is 2.27. The third-order valence-electron chi connectivity index (χ3n) is 3.29. The van der Waals surface area contributed by atoms with Crippen LogP contribution in [0.5, 0.6) is 0 Å². The number of pyridine rings is 1. The minimum Gasteiger partial charge on any atom is -0.355 e. The largest absolute Gasteiger partial charge is 0.433 e. The molecule has 18 heavy (non-hydrogen) atoms. The molecule has 1 heterocycles. The number of nitrogens with two attached hydrogens (primary N) is 1. The van der Waals surface area contributed by atoms with Crippen molar-refractivity contribution >= 4 is 5.82 Å². The van der Waals surface area contributed by atoms with E-state index in [1.807, 2.05) is 0 Å². The maximum Gasteiger partial charge on any atom is 0.433 e. The summed E-state index contributed by atoms with van der Waals surface area (Å²) in [7, 11) is 1.75. The van der Waals surface area contributed by atoms with Crippen molar-refractivity contribution in [1.82, 2.24) is 4.98 Å². The second-order valence-electron chi connectivity index (χ2n) is 4.63.